The van der Waals surface area contributed by atoms with E-state index < -0.39 is 16.1 Å². The third-order valence-electron chi connectivity index (χ3n) is 4.48. The Hall–Kier alpha value is -1.97. The van der Waals surface area contributed by atoms with Crippen molar-refractivity contribution in [1.29, 1.82) is 0 Å². The topological polar surface area (TPSA) is 66.9 Å². The molecule has 1 heterocycles. The number of benzene rings is 2. The van der Waals surface area contributed by atoms with Gasteiger partial charge in [0.05, 0.1) is 4.90 Å². The minimum Gasteiger partial charge on any atom is -0.481 e. The van der Waals surface area contributed by atoms with Crippen molar-refractivity contribution in [2.45, 2.75) is 17.9 Å². The molecule has 1 unspecified atom stereocenters. The quantitative estimate of drug-likeness (QED) is 0.673. The van der Waals surface area contributed by atoms with Gasteiger partial charge in [0.15, 0.2) is 6.10 Å². The van der Waals surface area contributed by atoms with Crippen LogP contribution in [0.25, 0.3) is 0 Å². The number of carbonyl (C=O) groups excluding carboxylic acids is 1. The normalized spacial score (nSPS) is 16.6. The van der Waals surface area contributed by atoms with Gasteiger partial charge in [0, 0.05) is 30.7 Å². The molecule has 0 saturated carbocycles. The molecule has 1 aliphatic heterocycles. The Morgan fingerprint density at radius 1 is 1.04 bits per heavy atom. The van der Waals surface area contributed by atoms with Crippen molar-refractivity contribution < 1.29 is 22.3 Å². The van der Waals surface area contributed by atoms with Crippen LogP contribution in [0.3, 0.4) is 0 Å². The van der Waals surface area contributed by atoms with Gasteiger partial charge < -0.3 is 9.64 Å². The van der Waals surface area contributed by atoms with Crippen LogP contribution < -0.4 is 4.74 Å². The van der Waals surface area contributed by atoms with Crippen LogP contribution in [0, 0.1) is 5.82 Å². The summed E-state index contributed by atoms with van der Waals surface area (Å²) >= 11 is 3.29. The van der Waals surface area contributed by atoms with E-state index in [1.165, 1.54) is 28.6 Å². The number of nitrogens with zero attached hydrogens (tertiary/aromatic N) is 2. The number of hydrogen-bond acceptors (Lipinski definition) is 4. The summed E-state index contributed by atoms with van der Waals surface area (Å²) in [5, 5.41) is 0. The van der Waals surface area contributed by atoms with Crippen molar-refractivity contribution in [3.8, 4) is 5.75 Å². The van der Waals surface area contributed by atoms with Crippen LogP contribution >= 0.6 is 15.9 Å². The highest BCUT2D eigenvalue weighted by Crippen LogP contribution is 2.21. The molecule has 3 rings (SSSR count). The van der Waals surface area contributed by atoms with E-state index in [9.17, 15) is 17.6 Å². The van der Waals surface area contributed by atoms with Crippen molar-refractivity contribution in [1.82, 2.24) is 9.21 Å². The first-order valence-electron chi connectivity index (χ1n) is 8.74. The average Bonchev–Trinajstić information content (AvgIpc) is 2.69. The standard InChI is InChI=1S/C19H20BrFN2O4S/c1-14(27-17-6-4-16(21)5-7-17)19(24)22-10-12-23(13-11-22)28(25,26)18-8-2-15(20)3-9-18/h2-9,14H,10-13H2,1H3. The molecule has 2 aromatic rings. The Kier molecular flexibility index (Phi) is 6.36. The Balaban J connectivity index is 1.58. The number of piperazine rings is 1. The highest BCUT2D eigenvalue weighted by molar-refractivity contribution is 9.10. The molecule has 0 radical (unpaired) electrons. The van der Waals surface area contributed by atoms with Gasteiger partial charge in [-0.05, 0) is 55.5 Å². The highest BCUT2D eigenvalue weighted by atomic mass is 79.9. The fourth-order valence-corrected chi connectivity index (χ4v) is 4.62. The van der Waals surface area contributed by atoms with Crippen LogP contribution in [0.2, 0.25) is 0 Å². The molecular weight excluding hydrogens is 451 g/mol. The first kappa shape index (κ1) is 20.8. The van der Waals surface area contributed by atoms with Gasteiger partial charge in [-0.3, -0.25) is 4.79 Å². The maximum absolute atomic E-state index is 13.0. The lowest BCUT2D eigenvalue weighted by molar-refractivity contribution is -0.139. The molecule has 9 heteroatoms. The molecule has 1 aliphatic rings. The Labute approximate surface area is 172 Å². The molecule has 1 amide bonds. The van der Waals surface area contributed by atoms with Gasteiger partial charge in [-0.25, -0.2) is 12.8 Å². The molecule has 0 aromatic heterocycles. The predicted molar refractivity (Wildman–Crippen MR) is 106 cm³/mol. The van der Waals surface area contributed by atoms with E-state index >= 15 is 0 Å². The lowest BCUT2D eigenvalue weighted by Gasteiger charge is -2.35. The van der Waals surface area contributed by atoms with E-state index in [4.69, 9.17) is 4.74 Å². The van der Waals surface area contributed by atoms with Crippen LogP contribution in [0.5, 0.6) is 5.75 Å². The number of sulfonamides is 1. The minimum atomic E-state index is -3.59. The summed E-state index contributed by atoms with van der Waals surface area (Å²) in [5.74, 6) is -0.210. The summed E-state index contributed by atoms with van der Waals surface area (Å²) in [5.41, 5.74) is 0. The molecule has 150 valence electrons. The van der Waals surface area contributed by atoms with Gasteiger partial charge in [-0.1, -0.05) is 15.9 Å². The largest absolute Gasteiger partial charge is 0.481 e. The SMILES string of the molecule is CC(Oc1ccc(F)cc1)C(=O)N1CCN(S(=O)(=O)c2ccc(Br)cc2)CC1. The van der Waals surface area contributed by atoms with Crippen molar-refractivity contribution in [3.05, 3.63) is 58.8 Å². The highest BCUT2D eigenvalue weighted by Gasteiger charge is 2.32. The Bertz CT molecular complexity index is 927. The summed E-state index contributed by atoms with van der Waals surface area (Å²) in [4.78, 5) is 14.4. The number of rotatable bonds is 5. The van der Waals surface area contributed by atoms with Crippen LogP contribution in [-0.4, -0.2) is 55.8 Å². The van der Waals surface area contributed by atoms with E-state index in [2.05, 4.69) is 15.9 Å². The zero-order valence-electron chi connectivity index (χ0n) is 15.2. The molecular formula is C19H20BrFN2O4S. The van der Waals surface area contributed by atoms with E-state index in [0.717, 1.165) is 4.47 Å². The zero-order chi connectivity index (χ0) is 20.3. The molecule has 1 saturated heterocycles. The molecule has 0 spiro atoms. The van der Waals surface area contributed by atoms with Gasteiger partial charge in [-0.2, -0.15) is 4.31 Å². The lowest BCUT2D eigenvalue weighted by atomic mass is 10.2. The number of halogens is 2. The molecule has 0 bridgehead atoms. The lowest BCUT2D eigenvalue weighted by Crippen LogP contribution is -2.53. The molecule has 1 fully saturated rings. The Morgan fingerprint density at radius 2 is 1.61 bits per heavy atom. The van der Waals surface area contributed by atoms with E-state index in [-0.39, 0.29) is 42.8 Å². The second-order valence-electron chi connectivity index (χ2n) is 6.40. The minimum absolute atomic E-state index is 0.216. The van der Waals surface area contributed by atoms with Gasteiger partial charge in [-0.15, -0.1) is 0 Å². The molecule has 6 nitrogen and oxygen atoms in total. The maximum atomic E-state index is 13.0. The van der Waals surface area contributed by atoms with E-state index in [1.807, 2.05) is 0 Å². The maximum Gasteiger partial charge on any atom is 0.263 e. The number of ether oxygens (including phenoxy) is 1. The van der Waals surface area contributed by atoms with Gasteiger partial charge in [0.2, 0.25) is 10.0 Å². The summed E-state index contributed by atoms with van der Waals surface area (Å²) in [6, 6.07) is 11.9. The fraction of sp³-hybridized carbons (Fsp3) is 0.316. The van der Waals surface area contributed by atoms with E-state index in [0.29, 0.717) is 5.75 Å². The van der Waals surface area contributed by atoms with Gasteiger partial charge >= 0.3 is 0 Å². The third kappa shape index (κ3) is 4.71. The first-order chi connectivity index (χ1) is 13.3. The molecule has 0 N–H and O–H groups in total. The number of carbonyl (C=O) groups is 1. The summed E-state index contributed by atoms with van der Waals surface area (Å²) < 4.78 is 46.2. The monoisotopic (exact) mass is 470 g/mol. The van der Waals surface area contributed by atoms with Crippen LogP contribution in [0.1, 0.15) is 6.92 Å². The van der Waals surface area contributed by atoms with Crippen molar-refractivity contribution in [2.24, 2.45) is 0 Å². The predicted octanol–water partition coefficient (Wildman–Crippen LogP) is 2.89. The first-order valence-corrected chi connectivity index (χ1v) is 11.0. The van der Waals surface area contributed by atoms with Crippen LogP contribution in [0.4, 0.5) is 4.39 Å². The molecule has 0 aliphatic carbocycles. The summed E-state index contributed by atoms with van der Waals surface area (Å²) in [7, 11) is -3.59. The second-order valence-corrected chi connectivity index (χ2v) is 9.25. The van der Waals surface area contributed by atoms with Gasteiger partial charge in [0.25, 0.3) is 5.91 Å². The number of amides is 1. The summed E-state index contributed by atoms with van der Waals surface area (Å²) in [6.45, 7) is 2.62. The molecule has 2 aromatic carbocycles. The van der Waals surface area contributed by atoms with Crippen molar-refractivity contribution in [3.63, 3.8) is 0 Å². The third-order valence-corrected chi connectivity index (χ3v) is 6.92. The van der Waals surface area contributed by atoms with E-state index in [1.54, 1.807) is 36.1 Å². The molecule has 1 atom stereocenters. The summed E-state index contributed by atoms with van der Waals surface area (Å²) in [6.07, 6.45) is -0.750. The van der Waals surface area contributed by atoms with Crippen LogP contribution in [-0.2, 0) is 14.8 Å². The van der Waals surface area contributed by atoms with Gasteiger partial charge in [0.1, 0.15) is 11.6 Å². The smallest absolute Gasteiger partial charge is 0.263 e. The molecule has 28 heavy (non-hydrogen) atoms. The Morgan fingerprint density at radius 3 is 2.18 bits per heavy atom. The van der Waals surface area contributed by atoms with Crippen LogP contribution in [0.15, 0.2) is 57.9 Å². The number of hydrogen-bond donors (Lipinski definition) is 0. The average molecular weight is 471 g/mol. The van der Waals surface area contributed by atoms with Crippen molar-refractivity contribution >= 4 is 31.9 Å². The second kappa shape index (κ2) is 8.59. The fourth-order valence-electron chi connectivity index (χ4n) is 2.93. The zero-order valence-corrected chi connectivity index (χ0v) is 17.6. The van der Waals surface area contributed by atoms with Crippen molar-refractivity contribution in [2.75, 3.05) is 26.2 Å².